The van der Waals surface area contributed by atoms with Crippen LogP contribution < -0.4 is 11.1 Å². The van der Waals surface area contributed by atoms with E-state index in [1.165, 1.54) is 6.07 Å². The number of Topliss-reactive ketones (excluding diaryl/α,β-unsaturated/α-hetero) is 1. The highest BCUT2D eigenvalue weighted by Gasteiger charge is 2.23. The molecule has 132 valence electrons. The van der Waals surface area contributed by atoms with E-state index in [4.69, 9.17) is 5.73 Å². The molecule has 2 amide bonds. The number of benzene rings is 1. The fraction of sp³-hybridized carbons (Fsp3) is 0.471. The zero-order chi connectivity index (χ0) is 18.3. The highest BCUT2D eigenvalue weighted by atomic mass is 79.9. The summed E-state index contributed by atoms with van der Waals surface area (Å²) in [5.74, 6) is -2.07. The Kier molecular flexibility index (Phi) is 8.04. The second-order valence-electron chi connectivity index (χ2n) is 6.17. The minimum atomic E-state index is -0.644. The van der Waals surface area contributed by atoms with Crippen LogP contribution in [0.5, 0.6) is 0 Å². The van der Waals surface area contributed by atoms with Gasteiger partial charge in [0, 0.05) is 23.2 Å². The Morgan fingerprint density at radius 1 is 1.29 bits per heavy atom. The molecule has 0 heterocycles. The second kappa shape index (κ2) is 9.52. The summed E-state index contributed by atoms with van der Waals surface area (Å²) in [5.41, 5.74) is 5.30. The molecule has 0 saturated carbocycles. The summed E-state index contributed by atoms with van der Waals surface area (Å²) in [6, 6.07) is 4.51. The van der Waals surface area contributed by atoms with E-state index in [9.17, 15) is 18.8 Å². The number of primary amides is 1. The van der Waals surface area contributed by atoms with Crippen molar-refractivity contribution in [3.63, 3.8) is 0 Å². The molecule has 0 aromatic heterocycles. The maximum Gasteiger partial charge on any atom is 0.236 e. The van der Waals surface area contributed by atoms with Crippen LogP contribution in [-0.4, -0.2) is 24.1 Å². The molecule has 0 bridgehead atoms. The van der Waals surface area contributed by atoms with Crippen molar-refractivity contribution in [3.05, 3.63) is 34.1 Å². The minimum absolute atomic E-state index is 0.00171. The molecule has 0 aliphatic carbocycles. The monoisotopic (exact) mass is 400 g/mol. The number of carbonyl (C=O) groups excluding carboxylic acids is 3. The molecular weight excluding hydrogens is 379 g/mol. The van der Waals surface area contributed by atoms with Crippen LogP contribution in [0, 0.1) is 17.7 Å². The summed E-state index contributed by atoms with van der Waals surface area (Å²) in [6.45, 7) is 3.61. The zero-order valence-corrected chi connectivity index (χ0v) is 15.4. The number of ketones is 1. The van der Waals surface area contributed by atoms with Gasteiger partial charge in [-0.2, -0.15) is 0 Å². The van der Waals surface area contributed by atoms with E-state index >= 15 is 0 Å². The molecular formula is C17H22BrFN2O3. The average Bonchev–Trinajstić information content (AvgIpc) is 2.46. The van der Waals surface area contributed by atoms with Gasteiger partial charge in [-0.3, -0.25) is 14.4 Å². The number of nitrogens with one attached hydrogen (secondary N) is 1. The van der Waals surface area contributed by atoms with Gasteiger partial charge in [0.25, 0.3) is 0 Å². The van der Waals surface area contributed by atoms with E-state index in [-0.39, 0.29) is 37.0 Å². The summed E-state index contributed by atoms with van der Waals surface area (Å²) < 4.78 is 14.4. The van der Waals surface area contributed by atoms with Gasteiger partial charge in [0.05, 0.1) is 6.54 Å². The Morgan fingerprint density at radius 3 is 2.50 bits per heavy atom. The Labute approximate surface area is 149 Å². The number of carbonyl (C=O) groups is 3. The number of rotatable bonds is 9. The van der Waals surface area contributed by atoms with Crippen molar-refractivity contribution < 1.29 is 18.8 Å². The molecule has 0 spiro atoms. The average molecular weight is 401 g/mol. The molecule has 1 aromatic carbocycles. The molecule has 3 N–H and O–H groups in total. The summed E-state index contributed by atoms with van der Waals surface area (Å²) in [6.07, 6.45) is 0.425. The Morgan fingerprint density at radius 2 is 1.96 bits per heavy atom. The lowest BCUT2D eigenvalue weighted by atomic mass is 9.90. The maximum atomic E-state index is 13.8. The van der Waals surface area contributed by atoms with Gasteiger partial charge in [0.1, 0.15) is 11.6 Å². The summed E-state index contributed by atoms with van der Waals surface area (Å²) in [7, 11) is 0. The largest absolute Gasteiger partial charge is 0.368 e. The number of hydrogen-bond donors (Lipinski definition) is 2. The van der Waals surface area contributed by atoms with Crippen LogP contribution in [0.2, 0.25) is 0 Å². The molecule has 0 saturated heterocycles. The Balaban J connectivity index is 2.72. The van der Waals surface area contributed by atoms with Gasteiger partial charge in [-0.1, -0.05) is 35.8 Å². The van der Waals surface area contributed by atoms with Gasteiger partial charge in [-0.05, 0) is 30.0 Å². The van der Waals surface area contributed by atoms with E-state index in [2.05, 4.69) is 21.2 Å². The number of hydrogen-bond acceptors (Lipinski definition) is 3. The van der Waals surface area contributed by atoms with E-state index in [1.807, 2.05) is 13.8 Å². The van der Waals surface area contributed by atoms with Crippen LogP contribution >= 0.6 is 15.9 Å². The third-order valence-corrected chi connectivity index (χ3v) is 3.93. The quantitative estimate of drug-likeness (QED) is 0.666. The number of nitrogens with two attached hydrogens (primary N) is 1. The van der Waals surface area contributed by atoms with Gasteiger partial charge >= 0.3 is 0 Å². The van der Waals surface area contributed by atoms with E-state index in [1.54, 1.807) is 12.1 Å². The molecule has 0 aliphatic rings. The van der Waals surface area contributed by atoms with Crippen molar-refractivity contribution >= 4 is 33.5 Å². The third kappa shape index (κ3) is 7.21. The van der Waals surface area contributed by atoms with Gasteiger partial charge in [-0.15, -0.1) is 0 Å². The van der Waals surface area contributed by atoms with Crippen molar-refractivity contribution in [3.8, 4) is 0 Å². The van der Waals surface area contributed by atoms with Gasteiger partial charge in [0.2, 0.25) is 11.8 Å². The summed E-state index contributed by atoms with van der Waals surface area (Å²) in [5, 5.41) is 2.43. The highest BCUT2D eigenvalue weighted by Crippen LogP contribution is 2.20. The van der Waals surface area contributed by atoms with Crippen molar-refractivity contribution in [2.45, 2.75) is 33.1 Å². The lowest BCUT2D eigenvalue weighted by Crippen LogP contribution is -2.38. The second-order valence-corrected chi connectivity index (χ2v) is 7.08. The first-order valence-electron chi connectivity index (χ1n) is 7.70. The molecule has 7 heteroatoms. The van der Waals surface area contributed by atoms with E-state index < -0.39 is 17.6 Å². The number of halogens is 2. The van der Waals surface area contributed by atoms with Crippen molar-refractivity contribution in [1.29, 1.82) is 0 Å². The third-order valence-electron chi connectivity index (χ3n) is 3.44. The summed E-state index contributed by atoms with van der Waals surface area (Å²) in [4.78, 5) is 35.1. The number of amides is 2. The molecule has 5 nitrogen and oxygen atoms in total. The van der Waals surface area contributed by atoms with Crippen LogP contribution in [0.25, 0.3) is 0 Å². The molecule has 1 atom stereocenters. The summed E-state index contributed by atoms with van der Waals surface area (Å²) >= 11 is 3.16. The first-order valence-corrected chi connectivity index (χ1v) is 8.50. The van der Waals surface area contributed by atoms with Gasteiger partial charge in [0.15, 0.2) is 0 Å². The van der Waals surface area contributed by atoms with Crippen molar-refractivity contribution in [1.82, 2.24) is 5.32 Å². The molecule has 0 aliphatic heterocycles. The van der Waals surface area contributed by atoms with Crippen LogP contribution in [-0.2, 0) is 20.8 Å². The Hall–Kier alpha value is -1.76. The van der Waals surface area contributed by atoms with Crippen LogP contribution in [0.4, 0.5) is 4.39 Å². The standard InChI is InChI=1S/C17H22BrFN2O3/c1-10(2)5-12(17(24)21-9-16(20)23)7-14(22)6-11-3-4-13(18)8-15(11)19/h3-4,8,10,12H,5-7,9H2,1-2H3,(H2,20,23)(H,21,24)/t12-/m1/s1. The molecule has 0 radical (unpaired) electrons. The SMILES string of the molecule is CC(C)C[C@H](CC(=O)Cc1ccc(Br)cc1F)C(=O)NCC(N)=O. The smallest absolute Gasteiger partial charge is 0.236 e. The predicted octanol–water partition coefficient (Wildman–Crippen LogP) is 2.35. The molecule has 1 rings (SSSR count). The van der Waals surface area contributed by atoms with Crippen molar-refractivity contribution in [2.24, 2.45) is 17.6 Å². The topological polar surface area (TPSA) is 89.3 Å². The minimum Gasteiger partial charge on any atom is -0.368 e. The molecule has 0 fully saturated rings. The van der Waals surface area contributed by atoms with Crippen LogP contribution in [0.1, 0.15) is 32.3 Å². The normalized spacial score (nSPS) is 12.0. The van der Waals surface area contributed by atoms with Crippen LogP contribution in [0.3, 0.4) is 0 Å². The first kappa shape index (κ1) is 20.3. The first-order chi connectivity index (χ1) is 11.2. The molecule has 0 unspecified atom stereocenters. The fourth-order valence-electron chi connectivity index (χ4n) is 2.40. The van der Waals surface area contributed by atoms with Crippen molar-refractivity contribution in [2.75, 3.05) is 6.54 Å². The van der Waals surface area contributed by atoms with Gasteiger partial charge in [-0.25, -0.2) is 4.39 Å². The van der Waals surface area contributed by atoms with Crippen LogP contribution in [0.15, 0.2) is 22.7 Å². The van der Waals surface area contributed by atoms with Gasteiger partial charge < -0.3 is 11.1 Å². The maximum absolute atomic E-state index is 13.8. The van der Waals surface area contributed by atoms with E-state index in [0.29, 0.717) is 16.5 Å². The molecule has 24 heavy (non-hydrogen) atoms. The predicted molar refractivity (Wildman–Crippen MR) is 92.6 cm³/mol. The Bertz CT molecular complexity index is 620. The lowest BCUT2D eigenvalue weighted by molar-refractivity contribution is -0.131. The lowest BCUT2D eigenvalue weighted by Gasteiger charge is -2.18. The zero-order valence-electron chi connectivity index (χ0n) is 13.8. The molecule has 1 aromatic rings. The van der Waals surface area contributed by atoms with E-state index in [0.717, 1.165) is 0 Å². The fourth-order valence-corrected chi connectivity index (χ4v) is 2.73. The highest BCUT2D eigenvalue weighted by molar-refractivity contribution is 9.10.